The van der Waals surface area contributed by atoms with Gasteiger partial charge >= 0.3 is 5.97 Å². The highest BCUT2D eigenvalue weighted by Gasteiger charge is 2.21. The van der Waals surface area contributed by atoms with Gasteiger partial charge in [0.2, 0.25) is 0 Å². The predicted octanol–water partition coefficient (Wildman–Crippen LogP) is 6.49. The van der Waals surface area contributed by atoms with Crippen LogP contribution < -0.4 is 15.0 Å². The maximum Gasteiger partial charge on any atom is 0.336 e. The van der Waals surface area contributed by atoms with Crippen LogP contribution in [0.25, 0.3) is 16.0 Å². The fourth-order valence-corrected chi connectivity index (χ4v) is 4.71. The molecule has 1 atom stereocenters. The summed E-state index contributed by atoms with van der Waals surface area (Å²) in [6.07, 6.45) is 0. The second-order valence-electron chi connectivity index (χ2n) is 9.40. The second-order valence-corrected chi connectivity index (χ2v) is 9.40. The van der Waals surface area contributed by atoms with E-state index in [-0.39, 0.29) is 17.5 Å². The fraction of sp³-hybridized carbons (Fsp3) is 0.156. The van der Waals surface area contributed by atoms with Gasteiger partial charge in [-0.25, -0.2) is 9.64 Å². The molecule has 1 aliphatic heterocycles. The SMILES string of the molecule is [C-]#[N+]c1ccc([C@@H](C)NC(=O)c2ccc3c(c2)OCCN3Cc2ccc(-c3ccccc3C(=O)O)cc2)cc1. The van der Waals surface area contributed by atoms with Crippen LogP contribution in [0.15, 0.2) is 91.0 Å². The molecule has 0 aromatic heterocycles. The Balaban J connectivity index is 1.28. The van der Waals surface area contributed by atoms with Crippen molar-refractivity contribution < 1.29 is 19.4 Å². The van der Waals surface area contributed by atoms with Crippen molar-refractivity contribution >= 4 is 23.3 Å². The van der Waals surface area contributed by atoms with Gasteiger partial charge in [-0.3, -0.25) is 4.79 Å². The number of fused-ring (bicyclic) bond motifs is 1. The van der Waals surface area contributed by atoms with Crippen molar-refractivity contribution in [3.8, 4) is 16.9 Å². The molecular formula is C32H27N3O4. The molecule has 1 aliphatic rings. The number of carbonyl (C=O) groups is 2. The molecule has 4 aromatic rings. The largest absolute Gasteiger partial charge is 0.490 e. The van der Waals surface area contributed by atoms with E-state index in [1.807, 2.05) is 61.5 Å². The monoisotopic (exact) mass is 517 g/mol. The first-order chi connectivity index (χ1) is 18.9. The summed E-state index contributed by atoms with van der Waals surface area (Å²) in [5, 5.41) is 12.5. The van der Waals surface area contributed by atoms with Crippen LogP contribution in [0.4, 0.5) is 11.4 Å². The molecule has 0 radical (unpaired) electrons. The average molecular weight is 518 g/mol. The molecule has 0 bridgehead atoms. The van der Waals surface area contributed by atoms with Gasteiger partial charge in [-0.15, -0.1) is 0 Å². The minimum atomic E-state index is -0.947. The summed E-state index contributed by atoms with van der Waals surface area (Å²) in [6, 6.07) is 27.4. The Hall–Kier alpha value is -5.09. The number of hydrogen-bond donors (Lipinski definition) is 2. The Labute approximate surface area is 227 Å². The van der Waals surface area contributed by atoms with Crippen molar-refractivity contribution in [2.45, 2.75) is 19.5 Å². The lowest BCUT2D eigenvalue weighted by atomic mass is 9.98. The van der Waals surface area contributed by atoms with Crippen LogP contribution >= 0.6 is 0 Å². The van der Waals surface area contributed by atoms with Crippen LogP contribution in [0.3, 0.4) is 0 Å². The maximum atomic E-state index is 13.0. The lowest BCUT2D eigenvalue weighted by Crippen LogP contribution is -2.32. The molecule has 194 valence electrons. The lowest BCUT2D eigenvalue weighted by molar-refractivity contribution is 0.0697. The molecule has 0 aliphatic carbocycles. The summed E-state index contributed by atoms with van der Waals surface area (Å²) in [5.41, 5.74) is 5.82. The van der Waals surface area contributed by atoms with Gasteiger partial charge in [0.15, 0.2) is 5.69 Å². The van der Waals surface area contributed by atoms with Crippen LogP contribution in [0, 0.1) is 6.57 Å². The third kappa shape index (κ3) is 5.60. The molecule has 1 heterocycles. The van der Waals surface area contributed by atoms with E-state index in [2.05, 4.69) is 15.1 Å². The molecule has 39 heavy (non-hydrogen) atoms. The van der Waals surface area contributed by atoms with Crippen molar-refractivity contribution in [2.75, 3.05) is 18.1 Å². The normalized spacial score (nSPS) is 13.0. The molecule has 7 nitrogen and oxygen atoms in total. The van der Waals surface area contributed by atoms with Crippen LogP contribution in [0.2, 0.25) is 0 Å². The van der Waals surface area contributed by atoms with E-state index < -0.39 is 5.97 Å². The smallest absolute Gasteiger partial charge is 0.336 e. The van der Waals surface area contributed by atoms with E-state index >= 15 is 0 Å². The number of amides is 1. The van der Waals surface area contributed by atoms with E-state index in [9.17, 15) is 14.7 Å². The molecule has 1 amide bonds. The second kappa shape index (κ2) is 11.1. The standard InChI is InChI=1S/C32H27N3O4/c1-21(23-11-14-26(33-2)15-12-23)34-31(36)25-13-16-29-30(19-25)39-18-17-35(29)20-22-7-9-24(10-8-22)27-5-3-4-6-28(27)32(37)38/h3-16,19,21H,17-18,20H2,1H3,(H,34,36)(H,37,38)/t21-/m1/s1. The van der Waals surface area contributed by atoms with Gasteiger partial charge < -0.3 is 20.1 Å². The number of carboxylic acids is 1. The zero-order valence-corrected chi connectivity index (χ0v) is 21.4. The van der Waals surface area contributed by atoms with Gasteiger partial charge in [0.05, 0.1) is 30.4 Å². The quantitative estimate of drug-likeness (QED) is 0.274. The van der Waals surface area contributed by atoms with Crippen molar-refractivity contribution in [1.82, 2.24) is 5.32 Å². The topological polar surface area (TPSA) is 83.2 Å². The predicted molar refractivity (Wildman–Crippen MR) is 150 cm³/mol. The Morgan fingerprint density at radius 3 is 2.49 bits per heavy atom. The summed E-state index contributed by atoms with van der Waals surface area (Å²) < 4.78 is 5.90. The van der Waals surface area contributed by atoms with E-state index in [1.54, 1.807) is 36.4 Å². The highest BCUT2D eigenvalue weighted by Crippen LogP contribution is 2.34. The Kier molecular flexibility index (Phi) is 7.28. The number of benzene rings is 4. The molecule has 2 N–H and O–H groups in total. The molecule has 7 heteroatoms. The van der Waals surface area contributed by atoms with E-state index in [0.29, 0.717) is 42.3 Å². The molecule has 0 unspecified atom stereocenters. The Morgan fingerprint density at radius 2 is 1.77 bits per heavy atom. The molecule has 0 saturated carbocycles. The highest BCUT2D eigenvalue weighted by atomic mass is 16.5. The fourth-order valence-electron chi connectivity index (χ4n) is 4.71. The number of ether oxygens (including phenoxy) is 1. The third-order valence-electron chi connectivity index (χ3n) is 6.85. The summed E-state index contributed by atoms with van der Waals surface area (Å²) >= 11 is 0. The third-order valence-corrected chi connectivity index (χ3v) is 6.85. The minimum absolute atomic E-state index is 0.197. The van der Waals surface area contributed by atoms with Crippen LogP contribution in [0.5, 0.6) is 5.75 Å². The number of rotatable bonds is 7. The number of carboxylic acid groups (broad SMARTS) is 1. The number of carbonyl (C=O) groups excluding carboxylic acids is 1. The van der Waals surface area contributed by atoms with E-state index in [4.69, 9.17) is 11.3 Å². The zero-order valence-electron chi connectivity index (χ0n) is 21.4. The Bertz CT molecular complexity index is 1560. The number of aromatic carboxylic acids is 1. The minimum Gasteiger partial charge on any atom is -0.490 e. The van der Waals surface area contributed by atoms with Gasteiger partial charge in [0, 0.05) is 12.1 Å². The molecule has 0 fully saturated rings. The molecule has 4 aromatic carbocycles. The molecular weight excluding hydrogens is 490 g/mol. The number of anilines is 1. The summed E-state index contributed by atoms with van der Waals surface area (Å²) in [5.74, 6) is -0.482. The molecule has 0 spiro atoms. The van der Waals surface area contributed by atoms with Gasteiger partial charge in [0.25, 0.3) is 5.91 Å². The van der Waals surface area contributed by atoms with Crippen molar-refractivity contribution in [3.63, 3.8) is 0 Å². The van der Waals surface area contributed by atoms with Crippen molar-refractivity contribution in [3.05, 3.63) is 125 Å². The van der Waals surface area contributed by atoms with Gasteiger partial charge in [-0.1, -0.05) is 66.7 Å². The molecule has 0 saturated heterocycles. The van der Waals surface area contributed by atoms with Crippen LogP contribution in [-0.2, 0) is 6.54 Å². The van der Waals surface area contributed by atoms with Crippen molar-refractivity contribution in [1.29, 1.82) is 0 Å². The van der Waals surface area contributed by atoms with Crippen LogP contribution in [0.1, 0.15) is 44.8 Å². The molecule has 5 rings (SSSR count). The van der Waals surface area contributed by atoms with E-state index in [0.717, 1.165) is 22.4 Å². The Morgan fingerprint density at radius 1 is 1.03 bits per heavy atom. The van der Waals surface area contributed by atoms with Crippen molar-refractivity contribution in [2.24, 2.45) is 0 Å². The van der Waals surface area contributed by atoms with Crippen LogP contribution in [-0.4, -0.2) is 30.1 Å². The number of hydrogen-bond acceptors (Lipinski definition) is 4. The summed E-state index contributed by atoms with van der Waals surface area (Å²) in [6.45, 7) is 10.9. The summed E-state index contributed by atoms with van der Waals surface area (Å²) in [4.78, 5) is 30.2. The highest BCUT2D eigenvalue weighted by molar-refractivity contribution is 5.96. The van der Waals surface area contributed by atoms with Gasteiger partial charge in [-0.2, -0.15) is 0 Å². The van der Waals surface area contributed by atoms with Gasteiger partial charge in [-0.05, 0) is 53.4 Å². The number of nitrogens with zero attached hydrogens (tertiary/aromatic N) is 2. The average Bonchev–Trinajstić information content (AvgIpc) is 2.97. The van der Waals surface area contributed by atoms with E-state index in [1.165, 1.54) is 0 Å². The first-order valence-corrected chi connectivity index (χ1v) is 12.6. The number of nitrogens with one attached hydrogen (secondary N) is 1. The zero-order chi connectivity index (χ0) is 27.4. The first kappa shape index (κ1) is 25.6. The van der Waals surface area contributed by atoms with Gasteiger partial charge in [0.1, 0.15) is 12.4 Å². The first-order valence-electron chi connectivity index (χ1n) is 12.6. The maximum absolute atomic E-state index is 13.0. The lowest BCUT2D eigenvalue weighted by Gasteiger charge is -2.31. The summed E-state index contributed by atoms with van der Waals surface area (Å²) in [7, 11) is 0.